The van der Waals surface area contributed by atoms with Crippen LogP contribution in [0, 0.1) is 5.41 Å². The summed E-state index contributed by atoms with van der Waals surface area (Å²) < 4.78 is 5.13. The standard InChI is InChI=1S/C14H24N2O/c1-12(13-6-5-8-15-10-13)16-11-14(2,3)7-9-17-4/h5-6,8,10,12,16H,7,9,11H2,1-4H3. The van der Waals surface area contributed by atoms with Crippen LogP contribution < -0.4 is 5.32 Å². The summed E-state index contributed by atoms with van der Waals surface area (Å²) in [6.45, 7) is 8.48. The van der Waals surface area contributed by atoms with E-state index in [2.05, 4.69) is 37.1 Å². The van der Waals surface area contributed by atoms with Gasteiger partial charge in [0.05, 0.1) is 0 Å². The molecule has 3 nitrogen and oxygen atoms in total. The van der Waals surface area contributed by atoms with Gasteiger partial charge in [0.1, 0.15) is 0 Å². The maximum absolute atomic E-state index is 5.13. The summed E-state index contributed by atoms with van der Waals surface area (Å²) in [4.78, 5) is 4.14. The number of nitrogens with zero attached hydrogens (tertiary/aromatic N) is 1. The van der Waals surface area contributed by atoms with Crippen LogP contribution in [0.2, 0.25) is 0 Å². The molecule has 1 aromatic rings. The molecule has 1 unspecified atom stereocenters. The molecule has 0 aliphatic carbocycles. The van der Waals surface area contributed by atoms with Crippen molar-refractivity contribution in [1.82, 2.24) is 10.3 Å². The summed E-state index contributed by atoms with van der Waals surface area (Å²) in [5.41, 5.74) is 1.49. The van der Waals surface area contributed by atoms with E-state index in [-0.39, 0.29) is 5.41 Å². The highest BCUT2D eigenvalue weighted by Crippen LogP contribution is 2.20. The molecule has 0 aromatic carbocycles. The van der Waals surface area contributed by atoms with Crippen LogP contribution in [0.3, 0.4) is 0 Å². The number of hydrogen-bond acceptors (Lipinski definition) is 3. The molecular weight excluding hydrogens is 212 g/mol. The SMILES string of the molecule is COCCC(C)(C)CNC(C)c1cccnc1. The van der Waals surface area contributed by atoms with Crippen molar-refractivity contribution in [2.75, 3.05) is 20.3 Å². The van der Waals surface area contributed by atoms with Gasteiger partial charge in [-0.05, 0) is 30.4 Å². The molecule has 17 heavy (non-hydrogen) atoms. The van der Waals surface area contributed by atoms with Crippen LogP contribution >= 0.6 is 0 Å². The predicted molar refractivity (Wildman–Crippen MR) is 70.9 cm³/mol. The number of hydrogen-bond donors (Lipinski definition) is 1. The Kier molecular flexibility index (Phi) is 5.59. The van der Waals surface area contributed by atoms with Gasteiger partial charge in [0.15, 0.2) is 0 Å². The zero-order chi connectivity index (χ0) is 12.7. The number of aromatic nitrogens is 1. The Labute approximate surface area is 105 Å². The fourth-order valence-corrected chi connectivity index (χ4v) is 1.65. The van der Waals surface area contributed by atoms with Gasteiger partial charge in [-0.1, -0.05) is 19.9 Å². The van der Waals surface area contributed by atoms with Gasteiger partial charge in [-0.3, -0.25) is 4.98 Å². The molecule has 0 saturated heterocycles. The Bertz CT molecular complexity index is 311. The van der Waals surface area contributed by atoms with E-state index in [1.165, 1.54) is 5.56 Å². The molecule has 0 aliphatic heterocycles. The van der Waals surface area contributed by atoms with Crippen LogP contribution in [0.25, 0.3) is 0 Å². The third-order valence-electron chi connectivity index (χ3n) is 3.05. The first-order valence-electron chi connectivity index (χ1n) is 6.17. The lowest BCUT2D eigenvalue weighted by atomic mass is 9.89. The maximum Gasteiger partial charge on any atom is 0.0467 e. The topological polar surface area (TPSA) is 34.1 Å². The molecule has 1 atom stereocenters. The van der Waals surface area contributed by atoms with Crippen molar-refractivity contribution < 1.29 is 4.74 Å². The van der Waals surface area contributed by atoms with E-state index in [1.54, 1.807) is 13.3 Å². The van der Waals surface area contributed by atoms with Crippen LogP contribution in [0.5, 0.6) is 0 Å². The van der Waals surface area contributed by atoms with Crippen LogP contribution in [0.15, 0.2) is 24.5 Å². The highest BCUT2D eigenvalue weighted by Gasteiger charge is 2.18. The Morgan fingerprint density at radius 2 is 2.24 bits per heavy atom. The van der Waals surface area contributed by atoms with Gasteiger partial charge in [-0.2, -0.15) is 0 Å². The first-order chi connectivity index (χ1) is 8.05. The van der Waals surface area contributed by atoms with Crippen molar-refractivity contribution in [3.8, 4) is 0 Å². The molecule has 0 radical (unpaired) electrons. The Morgan fingerprint density at radius 3 is 2.82 bits per heavy atom. The molecule has 96 valence electrons. The van der Waals surface area contributed by atoms with Crippen LogP contribution in [-0.2, 0) is 4.74 Å². The fourth-order valence-electron chi connectivity index (χ4n) is 1.65. The van der Waals surface area contributed by atoms with Crippen molar-refractivity contribution in [3.63, 3.8) is 0 Å². The zero-order valence-corrected chi connectivity index (χ0v) is 11.4. The predicted octanol–water partition coefficient (Wildman–Crippen LogP) is 2.79. The van der Waals surface area contributed by atoms with E-state index < -0.39 is 0 Å². The van der Waals surface area contributed by atoms with Gasteiger partial charge in [-0.25, -0.2) is 0 Å². The van der Waals surface area contributed by atoms with Crippen LogP contribution in [0.4, 0.5) is 0 Å². The molecular formula is C14H24N2O. The summed E-state index contributed by atoms with van der Waals surface area (Å²) in [5.74, 6) is 0. The minimum atomic E-state index is 0.256. The zero-order valence-electron chi connectivity index (χ0n) is 11.4. The third-order valence-corrected chi connectivity index (χ3v) is 3.05. The monoisotopic (exact) mass is 236 g/mol. The smallest absolute Gasteiger partial charge is 0.0467 e. The number of nitrogens with one attached hydrogen (secondary N) is 1. The average molecular weight is 236 g/mol. The minimum absolute atomic E-state index is 0.256. The van der Waals surface area contributed by atoms with E-state index in [1.807, 2.05) is 12.3 Å². The van der Waals surface area contributed by atoms with E-state index in [0.717, 1.165) is 19.6 Å². The van der Waals surface area contributed by atoms with Gasteiger partial charge >= 0.3 is 0 Å². The quantitative estimate of drug-likeness (QED) is 0.790. The van der Waals surface area contributed by atoms with Crippen molar-refractivity contribution >= 4 is 0 Å². The Hall–Kier alpha value is -0.930. The van der Waals surface area contributed by atoms with E-state index in [0.29, 0.717) is 6.04 Å². The van der Waals surface area contributed by atoms with E-state index >= 15 is 0 Å². The molecule has 3 heteroatoms. The van der Waals surface area contributed by atoms with Crippen molar-refractivity contribution in [2.45, 2.75) is 33.2 Å². The molecule has 0 fully saturated rings. The lowest BCUT2D eigenvalue weighted by Crippen LogP contribution is -2.32. The van der Waals surface area contributed by atoms with Gasteiger partial charge in [0, 0.05) is 38.7 Å². The molecule has 0 amide bonds. The van der Waals surface area contributed by atoms with Gasteiger partial charge < -0.3 is 10.1 Å². The maximum atomic E-state index is 5.13. The highest BCUT2D eigenvalue weighted by molar-refractivity contribution is 5.12. The van der Waals surface area contributed by atoms with Gasteiger partial charge in [0.2, 0.25) is 0 Å². The third kappa shape index (κ3) is 5.29. The van der Waals surface area contributed by atoms with Crippen LogP contribution in [0.1, 0.15) is 38.8 Å². The van der Waals surface area contributed by atoms with Crippen molar-refractivity contribution in [2.24, 2.45) is 5.41 Å². The first-order valence-corrected chi connectivity index (χ1v) is 6.17. The molecule has 0 spiro atoms. The summed E-state index contributed by atoms with van der Waals surface area (Å²) in [5, 5.41) is 3.55. The minimum Gasteiger partial charge on any atom is -0.385 e. The second-order valence-corrected chi connectivity index (χ2v) is 5.30. The average Bonchev–Trinajstić information content (AvgIpc) is 2.35. The molecule has 1 heterocycles. The highest BCUT2D eigenvalue weighted by atomic mass is 16.5. The molecule has 0 bridgehead atoms. The summed E-state index contributed by atoms with van der Waals surface area (Å²) >= 11 is 0. The number of rotatable bonds is 7. The molecule has 1 rings (SSSR count). The molecule has 0 saturated carbocycles. The number of pyridine rings is 1. The first kappa shape index (κ1) is 14.1. The second-order valence-electron chi connectivity index (χ2n) is 5.30. The second kappa shape index (κ2) is 6.72. The normalized spacial score (nSPS) is 13.6. The summed E-state index contributed by atoms with van der Waals surface area (Å²) in [7, 11) is 1.75. The lowest BCUT2D eigenvalue weighted by Gasteiger charge is -2.27. The van der Waals surface area contributed by atoms with E-state index in [9.17, 15) is 0 Å². The van der Waals surface area contributed by atoms with Crippen molar-refractivity contribution in [3.05, 3.63) is 30.1 Å². The lowest BCUT2D eigenvalue weighted by molar-refractivity contribution is 0.149. The number of ether oxygens (including phenoxy) is 1. The summed E-state index contributed by atoms with van der Waals surface area (Å²) in [6.07, 6.45) is 4.79. The fraction of sp³-hybridized carbons (Fsp3) is 0.643. The van der Waals surface area contributed by atoms with Crippen molar-refractivity contribution in [1.29, 1.82) is 0 Å². The largest absolute Gasteiger partial charge is 0.385 e. The van der Waals surface area contributed by atoms with Gasteiger partial charge in [0.25, 0.3) is 0 Å². The molecule has 1 N–H and O–H groups in total. The Morgan fingerprint density at radius 1 is 1.47 bits per heavy atom. The van der Waals surface area contributed by atoms with Gasteiger partial charge in [-0.15, -0.1) is 0 Å². The summed E-state index contributed by atoms with van der Waals surface area (Å²) in [6, 6.07) is 4.42. The molecule has 0 aliphatic rings. The van der Waals surface area contributed by atoms with Crippen LogP contribution in [-0.4, -0.2) is 25.2 Å². The van der Waals surface area contributed by atoms with E-state index in [4.69, 9.17) is 4.74 Å². The Balaban J connectivity index is 2.40. The number of methoxy groups -OCH3 is 1. The molecule has 1 aromatic heterocycles.